The highest BCUT2D eigenvalue weighted by atomic mass is 16.4. The monoisotopic (exact) mass is 296 g/mol. The van der Waals surface area contributed by atoms with Gasteiger partial charge in [-0.05, 0) is 12.3 Å². The molecular formula is C13H20N4O4. The Labute approximate surface area is 122 Å². The third-order valence-electron chi connectivity index (χ3n) is 3.83. The number of carboxylic acid groups (broad SMARTS) is 1. The van der Waals surface area contributed by atoms with Crippen molar-refractivity contribution in [3.8, 4) is 0 Å². The Morgan fingerprint density at radius 2 is 2.29 bits per heavy atom. The summed E-state index contributed by atoms with van der Waals surface area (Å²) in [5.41, 5.74) is -0.0185. The van der Waals surface area contributed by atoms with Crippen LogP contribution in [-0.4, -0.2) is 62.4 Å². The molecule has 3 N–H and O–H groups in total. The Bertz CT molecular complexity index is 516. The molecule has 1 aromatic rings. The number of nitrogens with zero attached hydrogens (tertiary/aromatic N) is 3. The smallest absolute Gasteiger partial charge is 0.356 e. The standard InChI is InChI=1S/C13H20N4O4/c1-9-2-4-17(11(9)7-18)13(21)14-3-5-16-6-10(12(19)20)15-8-16/h6,8-9,11,18H,2-5,7H2,1H3,(H,14,21)(H,19,20). The number of imidazole rings is 1. The highest BCUT2D eigenvalue weighted by molar-refractivity contribution is 5.84. The van der Waals surface area contributed by atoms with Crippen LogP contribution in [0.3, 0.4) is 0 Å². The molecule has 2 unspecified atom stereocenters. The number of carboxylic acids is 1. The van der Waals surface area contributed by atoms with Crippen molar-refractivity contribution in [1.29, 1.82) is 0 Å². The number of aliphatic hydroxyl groups is 1. The molecule has 1 saturated heterocycles. The van der Waals surface area contributed by atoms with Crippen molar-refractivity contribution in [2.45, 2.75) is 25.9 Å². The van der Waals surface area contributed by atoms with Gasteiger partial charge in [-0.1, -0.05) is 6.92 Å². The molecule has 0 spiro atoms. The first-order valence-electron chi connectivity index (χ1n) is 6.93. The molecule has 0 aliphatic carbocycles. The second-order valence-corrected chi connectivity index (χ2v) is 5.24. The van der Waals surface area contributed by atoms with E-state index < -0.39 is 5.97 Å². The maximum absolute atomic E-state index is 12.0. The van der Waals surface area contributed by atoms with Gasteiger partial charge in [-0.15, -0.1) is 0 Å². The predicted molar refractivity (Wildman–Crippen MR) is 73.9 cm³/mol. The topological polar surface area (TPSA) is 108 Å². The van der Waals surface area contributed by atoms with E-state index in [-0.39, 0.29) is 24.4 Å². The molecule has 0 aromatic carbocycles. The van der Waals surface area contributed by atoms with E-state index in [9.17, 15) is 14.7 Å². The molecule has 8 heteroatoms. The summed E-state index contributed by atoms with van der Waals surface area (Å²) in [5.74, 6) is -0.776. The lowest BCUT2D eigenvalue weighted by Gasteiger charge is -2.25. The van der Waals surface area contributed by atoms with Crippen LogP contribution in [0.2, 0.25) is 0 Å². The molecule has 0 bridgehead atoms. The number of hydrogen-bond donors (Lipinski definition) is 3. The van der Waals surface area contributed by atoms with Crippen molar-refractivity contribution in [2.24, 2.45) is 5.92 Å². The molecule has 21 heavy (non-hydrogen) atoms. The summed E-state index contributed by atoms with van der Waals surface area (Å²) >= 11 is 0. The minimum absolute atomic E-state index is 0.0185. The maximum Gasteiger partial charge on any atom is 0.356 e. The van der Waals surface area contributed by atoms with E-state index in [4.69, 9.17) is 5.11 Å². The van der Waals surface area contributed by atoms with Gasteiger partial charge in [0, 0.05) is 25.8 Å². The molecule has 0 radical (unpaired) electrons. The highest BCUT2D eigenvalue weighted by Crippen LogP contribution is 2.23. The van der Waals surface area contributed by atoms with Crippen molar-refractivity contribution < 1.29 is 19.8 Å². The van der Waals surface area contributed by atoms with E-state index in [2.05, 4.69) is 10.3 Å². The normalized spacial score (nSPS) is 21.5. The van der Waals surface area contributed by atoms with Crippen LogP contribution in [0.4, 0.5) is 4.79 Å². The quantitative estimate of drug-likeness (QED) is 0.708. The maximum atomic E-state index is 12.0. The van der Waals surface area contributed by atoms with E-state index in [1.807, 2.05) is 6.92 Å². The SMILES string of the molecule is CC1CCN(C(=O)NCCn2cnc(C(=O)O)c2)C1CO. The van der Waals surface area contributed by atoms with Crippen LogP contribution in [0.5, 0.6) is 0 Å². The molecule has 0 saturated carbocycles. The lowest BCUT2D eigenvalue weighted by molar-refractivity contribution is 0.0691. The first-order chi connectivity index (χ1) is 10.0. The zero-order chi connectivity index (χ0) is 15.4. The number of rotatable bonds is 5. The van der Waals surface area contributed by atoms with E-state index in [1.165, 1.54) is 12.5 Å². The molecule has 1 fully saturated rings. The number of amides is 2. The van der Waals surface area contributed by atoms with Gasteiger partial charge in [0.05, 0.1) is 19.0 Å². The molecule has 116 valence electrons. The molecule has 8 nitrogen and oxygen atoms in total. The molecule has 2 amide bonds. The van der Waals surface area contributed by atoms with E-state index >= 15 is 0 Å². The van der Waals surface area contributed by atoms with Gasteiger partial charge in [0.25, 0.3) is 0 Å². The Morgan fingerprint density at radius 3 is 2.90 bits per heavy atom. The molecule has 1 aromatic heterocycles. The van der Waals surface area contributed by atoms with Crippen LogP contribution < -0.4 is 5.32 Å². The van der Waals surface area contributed by atoms with E-state index in [0.717, 1.165) is 6.42 Å². The van der Waals surface area contributed by atoms with Crippen molar-refractivity contribution in [2.75, 3.05) is 19.7 Å². The van der Waals surface area contributed by atoms with E-state index in [1.54, 1.807) is 9.47 Å². The highest BCUT2D eigenvalue weighted by Gasteiger charge is 2.33. The summed E-state index contributed by atoms with van der Waals surface area (Å²) in [4.78, 5) is 28.1. The van der Waals surface area contributed by atoms with Crippen molar-refractivity contribution in [3.05, 3.63) is 18.2 Å². The predicted octanol–water partition coefficient (Wildman–Crippen LogP) is -0.00640. The van der Waals surface area contributed by atoms with Gasteiger partial charge in [-0.25, -0.2) is 14.6 Å². The van der Waals surface area contributed by atoms with Gasteiger partial charge < -0.3 is 25.0 Å². The molecule has 2 heterocycles. The average molecular weight is 296 g/mol. The fourth-order valence-electron chi connectivity index (χ4n) is 2.53. The summed E-state index contributed by atoms with van der Waals surface area (Å²) in [5, 5.41) is 20.9. The Morgan fingerprint density at radius 1 is 1.52 bits per heavy atom. The number of hydrogen-bond acceptors (Lipinski definition) is 4. The van der Waals surface area contributed by atoms with Crippen LogP contribution in [-0.2, 0) is 6.54 Å². The summed E-state index contributed by atoms with van der Waals surface area (Å²) < 4.78 is 1.61. The zero-order valence-electron chi connectivity index (χ0n) is 11.9. The number of aliphatic hydroxyl groups excluding tert-OH is 1. The molecule has 2 rings (SSSR count). The number of urea groups is 1. The summed E-state index contributed by atoms with van der Waals surface area (Å²) in [6, 6.07) is -0.325. The zero-order valence-corrected chi connectivity index (χ0v) is 11.9. The van der Waals surface area contributed by atoms with Gasteiger partial charge >= 0.3 is 12.0 Å². The van der Waals surface area contributed by atoms with Gasteiger partial charge in [0.1, 0.15) is 0 Å². The summed E-state index contributed by atoms with van der Waals surface area (Å²) in [6.45, 7) is 3.45. The van der Waals surface area contributed by atoms with Crippen LogP contribution in [0.1, 0.15) is 23.8 Å². The first kappa shape index (κ1) is 15.3. The minimum Gasteiger partial charge on any atom is -0.476 e. The van der Waals surface area contributed by atoms with Crippen LogP contribution in [0, 0.1) is 5.92 Å². The van der Waals surface area contributed by atoms with Crippen LogP contribution >= 0.6 is 0 Å². The number of carbonyl (C=O) groups excluding carboxylic acids is 1. The van der Waals surface area contributed by atoms with E-state index in [0.29, 0.717) is 25.6 Å². The third kappa shape index (κ3) is 3.52. The number of aromatic carboxylic acids is 1. The van der Waals surface area contributed by atoms with Gasteiger partial charge in [-0.2, -0.15) is 0 Å². The summed E-state index contributed by atoms with van der Waals surface area (Å²) in [7, 11) is 0. The second-order valence-electron chi connectivity index (χ2n) is 5.24. The number of likely N-dealkylation sites (tertiary alicyclic amines) is 1. The van der Waals surface area contributed by atoms with Gasteiger partial charge in [-0.3, -0.25) is 0 Å². The molecule has 2 atom stereocenters. The van der Waals surface area contributed by atoms with Crippen molar-refractivity contribution in [3.63, 3.8) is 0 Å². The fraction of sp³-hybridized carbons (Fsp3) is 0.615. The van der Waals surface area contributed by atoms with Crippen molar-refractivity contribution in [1.82, 2.24) is 19.8 Å². The van der Waals surface area contributed by atoms with Crippen molar-refractivity contribution >= 4 is 12.0 Å². The Kier molecular flexibility index (Phi) is 4.79. The Hall–Kier alpha value is -2.09. The first-order valence-corrected chi connectivity index (χ1v) is 6.93. The lowest BCUT2D eigenvalue weighted by Crippen LogP contribution is -2.46. The average Bonchev–Trinajstić information content (AvgIpc) is 3.05. The molecule has 1 aliphatic heterocycles. The number of carbonyl (C=O) groups is 2. The van der Waals surface area contributed by atoms with Gasteiger partial charge in [0.15, 0.2) is 5.69 Å². The number of nitrogens with one attached hydrogen (secondary N) is 1. The van der Waals surface area contributed by atoms with Crippen LogP contribution in [0.25, 0.3) is 0 Å². The second kappa shape index (κ2) is 6.57. The minimum atomic E-state index is -1.07. The Balaban J connectivity index is 1.80. The fourth-order valence-corrected chi connectivity index (χ4v) is 2.53. The largest absolute Gasteiger partial charge is 0.476 e. The number of aromatic nitrogens is 2. The molecular weight excluding hydrogens is 276 g/mol. The van der Waals surface area contributed by atoms with Crippen LogP contribution in [0.15, 0.2) is 12.5 Å². The molecule has 1 aliphatic rings. The van der Waals surface area contributed by atoms with Gasteiger partial charge in [0.2, 0.25) is 0 Å². The lowest BCUT2D eigenvalue weighted by atomic mass is 10.0. The third-order valence-corrected chi connectivity index (χ3v) is 3.83. The summed E-state index contributed by atoms with van der Waals surface area (Å²) in [6.07, 6.45) is 3.73.